The molecule has 1 aromatic carbocycles. The lowest BCUT2D eigenvalue weighted by molar-refractivity contribution is -0.147. The molecular weight excluding hydrogens is 250 g/mol. The van der Waals surface area contributed by atoms with Gasteiger partial charge in [-0.05, 0) is 19.1 Å². The van der Waals surface area contributed by atoms with E-state index >= 15 is 0 Å². The van der Waals surface area contributed by atoms with Crippen LogP contribution in [0, 0.1) is 0 Å². The third-order valence-electron chi connectivity index (χ3n) is 2.55. The van der Waals surface area contributed by atoms with Crippen LogP contribution in [-0.4, -0.2) is 39.4 Å². The van der Waals surface area contributed by atoms with Crippen LogP contribution in [0.1, 0.15) is 6.92 Å². The summed E-state index contributed by atoms with van der Waals surface area (Å²) in [5.41, 5.74) is 4.57. The second-order valence-electron chi connectivity index (χ2n) is 4.19. The molecule has 0 aliphatic heterocycles. The van der Waals surface area contributed by atoms with E-state index in [0.29, 0.717) is 17.2 Å². The number of rotatable bonds is 6. The first-order valence-corrected chi connectivity index (χ1v) is 5.67. The van der Waals surface area contributed by atoms with E-state index in [4.69, 9.17) is 19.9 Å². The fraction of sp³-hybridized carbons (Fsp3) is 0.462. The Hall–Kier alpha value is -1.95. The number of carbonyl (C=O) groups is 1. The molecule has 0 aliphatic carbocycles. The van der Waals surface area contributed by atoms with Gasteiger partial charge in [0.1, 0.15) is 12.1 Å². The molecule has 6 heteroatoms. The third kappa shape index (κ3) is 3.51. The van der Waals surface area contributed by atoms with Gasteiger partial charge < -0.3 is 24.7 Å². The predicted octanol–water partition coefficient (Wildman–Crippen LogP) is 0.973. The Bertz CT molecular complexity index is 422. The Balaban J connectivity index is 2.91. The van der Waals surface area contributed by atoms with Crippen molar-refractivity contribution < 1.29 is 23.7 Å². The van der Waals surface area contributed by atoms with Gasteiger partial charge in [0.25, 0.3) is 0 Å². The lowest BCUT2D eigenvalue weighted by Gasteiger charge is -2.23. The Labute approximate surface area is 112 Å². The van der Waals surface area contributed by atoms with E-state index in [1.807, 2.05) is 0 Å². The number of ether oxygens (including phenoxy) is 4. The summed E-state index contributed by atoms with van der Waals surface area (Å²) in [7, 11) is 4.31. The lowest BCUT2D eigenvalue weighted by Crippen LogP contribution is -2.50. The molecule has 1 atom stereocenters. The third-order valence-corrected chi connectivity index (χ3v) is 2.55. The summed E-state index contributed by atoms with van der Waals surface area (Å²) in [6, 6.07) is 5.22. The van der Waals surface area contributed by atoms with Gasteiger partial charge in [0.05, 0.1) is 21.3 Å². The van der Waals surface area contributed by atoms with Crippen LogP contribution in [0.2, 0.25) is 0 Å². The van der Waals surface area contributed by atoms with Crippen LogP contribution in [-0.2, 0) is 9.53 Å². The number of methoxy groups -OCH3 is 3. The van der Waals surface area contributed by atoms with Crippen LogP contribution in [0.4, 0.5) is 0 Å². The number of nitrogens with two attached hydrogens (primary N) is 1. The smallest absolute Gasteiger partial charge is 0.329 e. The molecule has 0 saturated carbocycles. The highest BCUT2D eigenvalue weighted by molar-refractivity contribution is 5.80. The van der Waals surface area contributed by atoms with Crippen LogP contribution in [0.25, 0.3) is 0 Å². The van der Waals surface area contributed by atoms with Gasteiger partial charge >= 0.3 is 5.97 Å². The summed E-state index contributed by atoms with van der Waals surface area (Å²) in [5, 5.41) is 0. The highest BCUT2D eigenvalue weighted by Gasteiger charge is 2.31. The number of para-hydroxylation sites is 1. The molecule has 0 saturated heterocycles. The molecule has 1 unspecified atom stereocenters. The molecule has 0 fully saturated rings. The minimum absolute atomic E-state index is 0.0591. The normalized spacial score (nSPS) is 13.3. The van der Waals surface area contributed by atoms with Crippen molar-refractivity contribution >= 4 is 5.97 Å². The molecule has 1 aromatic rings. The predicted molar refractivity (Wildman–Crippen MR) is 69.6 cm³/mol. The van der Waals surface area contributed by atoms with Crippen molar-refractivity contribution in [1.29, 1.82) is 0 Å². The van der Waals surface area contributed by atoms with Crippen molar-refractivity contribution in [2.75, 3.05) is 27.9 Å². The van der Waals surface area contributed by atoms with E-state index < -0.39 is 11.5 Å². The van der Waals surface area contributed by atoms with Crippen LogP contribution >= 0.6 is 0 Å². The molecule has 0 spiro atoms. The van der Waals surface area contributed by atoms with Gasteiger partial charge in [-0.15, -0.1) is 0 Å². The molecule has 0 radical (unpaired) electrons. The maximum atomic E-state index is 11.5. The minimum atomic E-state index is -1.25. The summed E-state index contributed by atoms with van der Waals surface area (Å²) >= 11 is 0. The zero-order chi connectivity index (χ0) is 14.5. The zero-order valence-corrected chi connectivity index (χ0v) is 11.6. The van der Waals surface area contributed by atoms with Crippen molar-refractivity contribution in [2.24, 2.45) is 5.73 Å². The molecule has 0 aromatic heterocycles. The highest BCUT2D eigenvalue weighted by Crippen LogP contribution is 2.37. The van der Waals surface area contributed by atoms with Gasteiger partial charge in [0.15, 0.2) is 11.5 Å². The average molecular weight is 269 g/mol. The quantitative estimate of drug-likeness (QED) is 0.775. The number of hydrogen-bond acceptors (Lipinski definition) is 6. The summed E-state index contributed by atoms with van der Waals surface area (Å²) in [4.78, 5) is 11.5. The van der Waals surface area contributed by atoms with E-state index in [-0.39, 0.29) is 6.61 Å². The number of hydrogen-bond donors (Lipinski definition) is 1. The molecule has 2 N–H and O–H groups in total. The van der Waals surface area contributed by atoms with Crippen molar-refractivity contribution in [1.82, 2.24) is 0 Å². The molecule has 0 bridgehead atoms. The molecule has 0 amide bonds. The van der Waals surface area contributed by atoms with Gasteiger partial charge in [-0.25, -0.2) is 4.79 Å². The number of carbonyl (C=O) groups excluding carboxylic acids is 1. The lowest BCUT2D eigenvalue weighted by atomic mass is 10.1. The van der Waals surface area contributed by atoms with Crippen LogP contribution < -0.4 is 19.9 Å². The average Bonchev–Trinajstić information content (AvgIpc) is 2.43. The maximum Gasteiger partial charge on any atom is 0.329 e. The molecule has 1 rings (SSSR count). The molecule has 19 heavy (non-hydrogen) atoms. The van der Waals surface area contributed by atoms with E-state index in [1.54, 1.807) is 18.2 Å². The Morgan fingerprint density at radius 3 is 2.16 bits per heavy atom. The minimum Gasteiger partial charge on any atom is -0.493 e. The summed E-state index contributed by atoms with van der Waals surface area (Å²) in [6.07, 6.45) is 0. The number of benzene rings is 1. The van der Waals surface area contributed by atoms with Crippen LogP contribution in [0.5, 0.6) is 17.2 Å². The first-order valence-electron chi connectivity index (χ1n) is 5.67. The standard InChI is InChI=1S/C13H19NO5/c1-13(14,12(15)18-4)8-19-11-9(16-2)6-5-7-10(11)17-3/h5-7H,8,14H2,1-4H3. The van der Waals surface area contributed by atoms with Crippen molar-refractivity contribution in [3.8, 4) is 17.2 Å². The molecule has 106 valence electrons. The molecular formula is C13H19NO5. The van der Waals surface area contributed by atoms with Gasteiger partial charge in [0.2, 0.25) is 5.75 Å². The van der Waals surface area contributed by atoms with Crippen molar-refractivity contribution in [3.63, 3.8) is 0 Å². The summed E-state index contributed by atoms with van der Waals surface area (Å²) < 4.78 is 20.5. The first kappa shape index (κ1) is 15.1. The van der Waals surface area contributed by atoms with E-state index in [9.17, 15) is 4.79 Å². The van der Waals surface area contributed by atoms with Crippen LogP contribution in [0.3, 0.4) is 0 Å². The fourth-order valence-corrected chi connectivity index (χ4v) is 1.47. The summed E-state index contributed by atoms with van der Waals surface area (Å²) in [6.45, 7) is 1.47. The Kier molecular flexibility index (Phi) is 5.00. The monoisotopic (exact) mass is 269 g/mol. The van der Waals surface area contributed by atoms with E-state index in [2.05, 4.69) is 4.74 Å². The van der Waals surface area contributed by atoms with E-state index in [1.165, 1.54) is 28.3 Å². The molecule has 0 heterocycles. The largest absolute Gasteiger partial charge is 0.493 e. The highest BCUT2D eigenvalue weighted by atomic mass is 16.5. The first-order chi connectivity index (χ1) is 8.96. The Morgan fingerprint density at radius 1 is 1.21 bits per heavy atom. The van der Waals surface area contributed by atoms with Gasteiger partial charge in [-0.1, -0.05) is 6.07 Å². The van der Waals surface area contributed by atoms with Crippen molar-refractivity contribution in [3.05, 3.63) is 18.2 Å². The fourth-order valence-electron chi connectivity index (χ4n) is 1.47. The van der Waals surface area contributed by atoms with Crippen molar-refractivity contribution in [2.45, 2.75) is 12.5 Å². The van der Waals surface area contributed by atoms with Gasteiger partial charge in [-0.3, -0.25) is 0 Å². The second kappa shape index (κ2) is 6.29. The summed E-state index contributed by atoms with van der Waals surface area (Å²) in [5.74, 6) is 0.842. The van der Waals surface area contributed by atoms with Gasteiger partial charge in [0, 0.05) is 0 Å². The Morgan fingerprint density at radius 2 is 1.74 bits per heavy atom. The molecule has 0 aliphatic rings. The molecule has 6 nitrogen and oxygen atoms in total. The van der Waals surface area contributed by atoms with Crippen LogP contribution in [0.15, 0.2) is 18.2 Å². The number of esters is 1. The van der Waals surface area contributed by atoms with E-state index in [0.717, 1.165) is 0 Å². The zero-order valence-electron chi connectivity index (χ0n) is 11.6. The maximum absolute atomic E-state index is 11.5. The topological polar surface area (TPSA) is 80.0 Å². The van der Waals surface area contributed by atoms with Gasteiger partial charge in [-0.2, -0.15) is 0 Å². The second-order valence-corrected chi connectivity index (χ2v) is 4.19. The SMILES string of the molecule is COC(=O)C(C)(N)COc1c(OC)cccc1OC.